The lowest BCUT2D eigenvalue weighted by Crippen LogP contribution is -2.17. The van der Waals surface area contributed by atoms with Crippen molar-refractivity contribution in [1.29, 1.82) is 0 Å². The van der Waals surface area contributed by atoms with Crippen LogP contribution in [0.25, 0.3) is 10.4 Å². The lowest BCUT2D eigenvalue weighted by atomic mass is 10.2. The van der Waals surface area contributed by atoms with Crippen LogP contribution in [0.1, 0.15) is 6.92 Å². The van der Waals surface area contributed by atoms with Gasteiger partial charge in [-0.1, -0.05) is 30.3 Å². The van der Waals surface area contributed by atoms with Crippen LogP contribution in [0.5, 0.6) is 0 Å². The molecule has 0 atom stereocenters. The molecule has 2 aromatic rings. The van der Waals surface area contributed by atoms with Crippen molar-refractivity contribution < 1.29 is 0 Å². The van der Waals surface area contributed by atoms with Crippen LogP contribution < -0.4 is 5.56 Å². The third-order valence-electron chi connectivity index (χ3n) is 2.31. The van der Waals surface area contributed by atoms with Gasteiger partial charge in [-0.2, -0.15) is 0 Å². The van der Waals surface area contributed by atoms with Crippen LogP contribution in [-0.4, -0.2) is 4.57 Å². The van der Waals surface area contributed by atoms with Gasteiger partial charge in [0.15, 0.2) is 3.95 Å². The Balaban J connectivity index is 2.62. The zero-order chi connectivity index (χ0) is 11.5. The van der Waals surface area contributed by atoms with E-state index in [2.05, 4.69) is 0 Å². The van der Waals surface area contributed by atoms with Crippen molar-refractivity contribution in [1.82, 2.24) is 4.57 Å². The molecule has 16 heavy (non-hydrogen) atoms. The highest BCUT2D eigenvalue weighted by molar-refractivity contribution is 7.73. The maximum absolute atomic E-state index is 11.8. The first-order chi connectivity index (χ1) is 7.72. The zero-order valence-electron chi connectivity index (χ0n) is 8.84. The number of aromatic nitrogens is 1. The summed E-state index contributed by atoms with van der Waals surface area (Å²) >= 11 is 6.68. The van der Waals surface area contributed by atoms with Crippen molar-refractivity contribution in [2.24, 2.45) is 0 Å². The molecule has 0 saturated heterocycles. The minimum atomic E-state index is -0.0231. The van der Waals surface area contributed by atoms with Crippen molar-refractivity contribution in [2.45, 2.75) is 13.5 Å². The molecule has 0 bridgehead atoms. The van der Waals surface area contributed by atoms with Gasteiger partial charge >= 0.3 is 0 Å². The van der Waals surface area contributed by atoms with Gasteiger partial charge in [-0.25, -0.2) is 0 Å². The topological polar surface area (TPSA) is 22.0 Å². The van der Waals surface area contributed by atoms with E-state index in [1.807, 2.05) is 37.3 Å². The van der Waals surface area contributed by atoms with Crippen molar-refractivity contribution in [3.05, 3.63) is 50.7 Å². The average molecular weight is 249 g/mol. The first kappa shape index (κ1) is 11.2. The van der Waals surface area contributed by atoms with Gasteiger partial charge in [0, 0.05) is 17.5 Å². The predicted molar refractivity (Wildman–Crippen MR) is 70.5 cm³/mol. The first-order valence-corrected chi connectivity index (χ1v) is 6.25. The highest BCUT2D eigenvalue weighted by atomic mass is 32.1. The third kappa shape index (κ3) is 2.13. The van der Waals surface area contributed by atoms with Crippen LogP contribution >= 0.6 is 23.6 Å². The summed E-state index contributed by atoms with van der Waals surface area (Å²) in [5.74, 6) is 0. The maximum Gasteiger partial charge on any atom is 0.253 e. The smallest absolute Gasteiger partial charge is 0.253 e. The molecule has 0 aliphatic carbocycles. The summed E-state index contributed by atoms with van der Waals surface area (Å²) in [6.07, 6.45) is 0. The highest BCUT2D eigenvalue weighted by Crippen LogP contribution is 2.22. The molecule has 2 rings (SSSR count). The summed E-state index contributed by atoms with van der Waals surface area (Å²) in [7, 11) is 0. The molecule has 0 N–H and O–H groups in total. The van der Waals surface area contributed by atoms with Gasteiger partial charge in [0.1, 0.15) is 0 Å². The van der Waals surface area contributed by atoms with Gasteiger partial charge < -0.3 is 0 Å². The van der Waals surface area contributed by atoms with Crippen LogP contribution in [-0.2, 0) is 6.54 Å². The van der Waals surface area contributed by atoms with Crippen LogP contribution in [0.3, 0.4) is 0 Å². The molecule has 0 unspecified atom stereocenters. The largest absolute Gasteiger partial charge is 0.291 e. The molecular formula is C12H11NOS2. The van der Waals surface area contributed by atoms with E-state index in [0.29, 0.717) is 10.5 Å². The summed E-state index contributed by atoms with van der Waals surface area (Å²) < 4.78 is 2.24. The second kappa shape index (κ2) is 4.72. The molecule has 0 saturated carbocycles. The molecule has 82 valence electrons. The molecule has 1 aromatic heterocycles. The fraction of sp³-hybridized carbons (Fsp3) is 0.167. The lowest BCUT2D eigenvalue weighted by molar-refractivity contribution is 0.729. The molecule has 0 spiro atoms. The zero-order valence-corrected chi connectivity index (χ0v) is 10.5. The molecular weight excluding hydrogens is 238 g/mol. The second-order valence-electron chi connectivity index (χ2n) is 3.33. The Kier molecular flexibility index (Phi) is 3.31. The van der Waals surface area contributed by atoms with Gasteiger partial charge in [0.25, 0.3) is 5.56 Å². The fourth-order valence-electron chi connectivity index (χ4n) is 1.49. The van der Waals surface area contributed by atoms with Crippen LogP contribution in [0, 0.1) is 3.95 Å². The third-order valence-corrected chi connectivity index (χ3v) is 3.75. The monoisotopic (exact) mass is 249 g/mol. The maximum atomic E-state index is 11.8. The molecule has 0 fully saturated rings. The molecule has 0 amide bonds. The van der Waals surface area contributed by atoms with Crippen molar-refractivity contribution >= 4 is 23.6 Å². The Bertz CT molecular complexity index is 567. The van der Waals surface area contributed by atoms with Crippen LogP contribution in [0.2, 0.25) is 0 Å². The van der Waals surface area contributed by atoms with E-state index in [1.54, 1.807) is 10.6 Å². The lowest BCUT2D eigenvalue weighted by Gasteiger charge is -2.03. The highest BCUT2D eigenvalue weighted by Gasteiger charge is 2.02. The summed E-state index contributed by atoms with van der Waals surface area (Å²) in [6, 6.07) is 11.5. The van der Waals surface area contributed by atoms with E-state index in [9.17, 15) is 4.79 Å². The normalized spacial score (nSPS) is 10.3. The van der Waals surface area contributed by atoms with Gasteiger partial charge in [-0.3, -0.25) is 9.36 Å². The summed E-state index contributed by atoms with van der Waals surface area (Å²) in [5, 5.41) is 0. The standard InChI is InChI=1S/C12H11NOS2/c1-2-13-11(14)8-10(16-12(13)15)9-6-4-3-5-7-9/h3-8H,2H2,1H3. The van der Waals surface area contributed by atoms with Crippen LogP contribution in [0.15, 0.2) is 41.2 Å². The Labute approximate surface area is 103 Å². The van der Waals surface area contributed by atoms with Gasteiger partial charge in [-0.15, -0.1) is 11.3 Å². The van der Waals surface area contributed by atoms with Gasteiger partial charge in [0.2, 0.25) is 0 Å². The van der Waals surface area contributed by atoms with Crippen molar-refractivity contribution in [3.8, 4) is 10.4 Å². The molecule has 0 aliphatic rings. The van der Waals surface area contributed by atoms with E-state index in [1.165, 1.54) is 11.3 Å². The SMILES string of the molecule is CCn1c(=O)cc(-c2ccccc2)sc1=S. The van der Waals surface area contributed by atoms with Gasteiger partial charge in [-0.05, 0) is 24.7 Å². The Hall–Kier alpha value is -1.26. The average Bonchev–Trinajstić information content (AvgIpc) is 2.30. The van der Waals surface area contributed by atoms with E-state index in [0.717, 1.165) is 10.4 Å². The Morgan fingerprint density at radius 2 is 2.00 bits per heavy atom. The minimum Gasteiger partial charge on any atom is -0.291 e. The van der Waals surface area contributed by atoms with E-state index >= 15 is 0 Å². The number of benzene rings is 1. The second-order valence-corrected chi connectivity index (χ2v) is 5.00. The quantitative estimate of drug-likeness (QED) is 0.762. The number of nitrogens with zero attached hydrogens (tertiary/aromatic N) is 1. The Morgan fingerprint density at radius 1 is 1.31 bits per heavy atom. The summed E-state index contributed by atoms with van der Waals surface area (Å²) in [4.78, 5) is 12.7. The molecule has 1 heterocycles. The minimum absolute atomic E-state index is 0.0231. The Morgan fingerprint density at radius 3 is 2.56 bits per heavy atom. The number of hydrogen-bond donors (Lipinski definition) is 0. The van der Waals surface area contributed by atoms with Gasteiger partial charge in [0.05, 0.1) is 0 Å². The number of rotatable bonds is 2. The van der Waals surface area contributed by atoms with Crippen molar-refractivity contribution in [3.63, 3.8) is 0 Å². The van der Waals surface area contributed by atoms with E-state index < -0.39 is 0 Å². The summed E-state index contributed by atoms with van der Waals surface area (Å²) in [6.45, 7) is 2.55. The molecule has 2 nitrogen and oxygen atoms in total. The molecule has 0 radical (unpaired) electrons. The predicted octanol–water partition coefficient (Wildman–Crippen LogP) is 3.33. The molecule has 4 heteroatoms. The molecule has 0 aliphatic heterocycles. The van der Waals surface area contributed by atoms with Crippen LogP contribution in [0.4, 0.5) is 0 Å². The van der Waals surface area contributed by atoms with E-state index in [4.69, 9.17) is 12.2 Å². The molecule has 1 aromatic carbocycles. The van der Waals surface area contributed by atoms with Crippen molar-refractivity contribution in [2.75, 3.05) is 0 Å². The first-order valence-electron chi connectivity index (χ1n) is 5.03. The summed E-state index contributed by atoms with van der Waals surface area (Å²) in [5.41, 5.74) is 1.02. The van der Waals surface area contributed by atoms with E-state index in [-0.39, 0.29) is 5.56 Å². The number of hydrogen-bond acceptors (Lipinski definition) is 3. The fourth-order valence-corrected chi connectivity index (χ4v) is 2.91.